The third-order valence-corrected chi connectivity index (χ3v) is 2.74. The van der Waals surface area contributed by atoms with Gasteiger partial charge in [0, 0.05) is 5.88 Å². The lowest BCUT2D eigenvalue weighted by atomic mass is 9.79. The molecule has 13 heavy (non-hydrogen) atoms. The van der Waals surface area contributed by atoms with Crippen molar-refractivity contribution in [3.63, 3.8) is 0 Å². The Hall–Kier alpha value is -0.480. The van der Waals surface area contributed by atoms with Crippen LogP contribution in [0.1, 0.15) is 39.0 Å². The average Bonchev–Trinajstić information content (AvgIpc) is 2.17. The molecule has 0 rings (SSSR count). The number of nitriles is 1. The minimum atomic E-state index is -0.190. The SMILES string of the molecule is C=CCCCC(C#N)(CC)CCCl. The minimum Gasteiger partial charge on any atom is -0.198 e. The topological polar surface area (TPSA) is 23.8 Å². The highest BCUT2D eigenvalue weighted by atomic mass is 35.5. The molecule has 0 amide bonds. The van der Waals surface area contributed by atoms with Crippen molar-refractivity contribution in [3.8, 4) is 6.07 Å². The summed E-state index contributed by atoms with van der Waals surface area (Å²) in [6.45, 7) is 5.73. The fraction of sp³-hybridized carbons (Fsp3) is 0.727. The number of rotatable bonds is 7. The van der Waals surface area contributed by atoms with Crippen molar-refractivity contribution in [2.45, 2.75) is 39.0 Å². The minimum absolute atomic E-state index is 0.190. The Bertz CT molecular complexity index is 183. The van der Waals surface area contributed by atoms with E-state index >= 15 is 0 Å². The molecule has 0 radical (unpaired) electrons. The third-order valence-electron chi connectivity index (χ3n) is 2.55. The molecule has 74 valence electrons. The molecule has 2 heteroatoms. The fourth-order valence-electron chi connectivity index (χ4n) is 1.44. The summed E-state index contributed by atoms with van der Waals surface area (Å²) in [5, 5.41) is 9.07. The molecule has 0 N–H and O–H groups in total. The van der Waals surface area contributed by atoms with Gasteiger partial charge >= 0.3 is 0 Å². The number of hydrogen-bond acceptors (Lipinski definition) is 1. The van der Waals surface area contributed by atoms with Crippen molar-refractivity contribution in [1.29, 1.82) is 5.26 Å². The zero-order valence-corrected chi connectivity index (χ0v) is 9.11. The van der Waals surface area contributed by atoms with Crippen LogP contribution in [-0.4, -0.2) is 5.88 Å². The molecule has 0 aromatic rings. The molecule has 0 saturated heterocycles. The van der Waals surface area contributed by atoms with Crippen molar-refractivity contribution in [2.75, 3.05) is 5.88 Å². The van der Waals surface area contributed by atoms with Gasteiger partial charge in [0.1, 0.15) is 0 Å². The zero-order chi connectivity index (χ0) is 10.2. The van der Waals surface area contributed by atoms with Gasteiger partial charge in [0.05, 0.1) is 11.5 Å². The van der Waals surface area contributed by atoms with E-state index in [1.807, 2.05) is 6.08 Å². The van der Waals surface area contributed by atoms with E-state index in [4.69, 9.17) is 16.9 Å². The zero-order valence-electron chi connectivity index (χ0n) is 8.35. The van der Waals surface area contributed by atoms with Gasteiger partial charge in [0.15, 0.2) is 0 Å². The third kappa shape index (κ3) is 4.33. The van der Waals surface area contributed by atoms with Crippen molar-refractivity contribution in [1.82, 2.24) is 0 Å². The summed E-state index contributed by atoms with van der Waals surface area (Å²) in [4.78, 5) is 0. The molecule has 1 atom stereocenters. The van der Waals surface area contributed by atoms with E-state index < -0.39 is 0 Å². The molecule has 0 aliphatic carbocycles. The largest absolute Gasteiger partial charge is 0.198 e. The summed E-state index contributed by atoms with van der Waals surface area (Å²) in [6.07, 6.45) is 6.58. The first-order valence-corrected chi connectivity index (χ1v) is 5.36. The predicted molar refractivity (Wildman–Crippen MR) is 57.7 cm³/mol. The normalized spacial score (nSPS) is 14.5. The van der Waals surface area contributed by atoms with Gasteiger partial charge in [0.25, 0.3) is 0 Å². The summed E-state index contributed by atoms with van der Waals surface area (Å²) in [6, 6.07) is 2.41. The molecular weight excluding hydrogens is 182 g/mol. The molecule has 0 aliphatic rings. The van der Waals surface area contributed by atoms with Crippen LogP contribution in [0.25, 0.3) is 0 Å². The molecule has 1 nitrogen and oxygen atoms in total. The van der Waals surface area contributed by atoms with Crippen LogP contribution in [0.5, 0.6) is 0 Å². The van der Waals surface area contributed by atoms with Gasteiger partial charge in [-0.25, -0.2) is 0 Å². The second kappa shape index (κ2) is 6.97. The Labute approximate surface area is 86.4 Å². The van der Waals surface area contributed by atoms with E-state index in [0.717, 1.165) is 32.1 Å². The Morgan fingerprint density at radius 1 is 1.54 bits per heavy atom. The molecule has 1 unspecified atom stereocenters. The summed E-state index contributed by atoms with van der Waals surface area (Å²) in [5.41, 5.74) is -0.190. The Morgan fingerprint density at radius 2 is 2.23 bits per heavy atom. The molecule has 0 aromatic heterocycles. The highest BCUT2D eigenvalue weighted by molar-refractivity contribution is 6.17. The van der Waals surface area contributed by atoms with E-state index in [1.165, 1.54) is 0 Å². The maximum atomic E-state index is 9.07. The van der Waals surface area contributed by atoms with Crippen LogP contribution in [0, 0.1) is 16.7 Å². The van der Waals surface area contributed by atoms with Gasteiger partial charge in [-0.15, -0.1) is 18.2 Å². The van der Waals surface area contributed by atoms with Gasteiger partial charge < -0.3 is 0 Å². The number of unbranched alkanes of at least 4 members (excludes halogenated alkanes) is 1. The number of alkyl halides is 1. The second-order valence-electron chi connectivity index (χ2n) is 3.37. The maximum Gasteiger partial charge on any atom is 0.0690 e. The molecule has 0 heterocycles. The lowest BCUT2D eigenvalue weighted by Crippen LogP contribution is -2.18. The standard InChI is InChI=1S/C11H18ClN/c1-3-5-6-7-11(4-2,10-13)8-9-12/h3H,1,4-9H2,2H3. The van der Waals surface area contributed by atoms with Crippen LogP contribution in [0.3, 0.4) is 0 Å². The van der Waals surface area contributed by atoms with E-state index in [-0.39, 0.29) is 5.41 Å². The van der Waals surface area contributed by atoms with Crippen molar-refractivity contribution in [3.05, 3.63) is 12.7 Å². The van der Waals surface area contributed by atoms with Crippen LogP contribution in [0.4, 0.5) is 0 Å². The summed E-state index contributed by atoms with van der Waals surface area (Å²) < 4.78 is 0. The van der Waals surface area contributed by atoms with Gasteiger partial charge in [-0.1, -0.05) is 13.0 Å². The number of nitrogens with zero attached hydrogens (tertiary/aromatic N) is 1. The van der Waals surface area contributed by atoms with Gasteiger partial charge in [0.2, 0.25) is 0 Å². The highest BCUT2D eigenvalue weighted by Gasteiger charge is 2.26. The summed E-state index contributed by atoms with van der Waals surface area (Å²) in [7, 11) is 0. The lowest BCUT2D eigenvalue weighted by molar-refractivity contribution is 0.330. The molecular formula is C11H18ClN. The number of allylic oxidation sites excluding steroid dienone is 1. The fourth-order valence-corrected chi connectivity index (χ4v) is 1.80. The first-order chi connectivity index (χ1) is 6.24. The first-order valence-electron chi connectivity index (χ1n) is 4.83. The Morgan fingerprint density at radius 3 is 2.62 bits per heavy atom. The van der Waals surface area contributed by atoms with Crippen LogP contribution >= 0.6 is 11.6 Å². The van der Waals surface area contributed by atoms with E-state index in [2.05, 4.69) is 19.6 Å². The molecule has 0 aliphatic heterocycles. The molecule has 0 bridgehead atoms. The maximum absolute atomic E-state index is 9.07. The molecule has 0 fully saturated rings. The quantitative estimate of drug-likeness (QED) is 0.347. The number of halogens is 1. The highest BCUT2D eigenvalue weighted by Crippen LogP contribution is 2.32. The van der Waals surface area contributed by atoms with E-state index in [0.29, 0.717) is 5.88 Å². The van der Waals surface area contributed by atoms with Crippen LogP contribution in [0.15, 0.2) is 12.7 Å². The summed E-state index contributed by atoms with van der Waals surface area (Å²) in [5.74, 6) is 0.579. The van der Waals surface area contributed by atoms with Gasteiger partial charge in [-0.2, -0.15) is 5.26 Å². The molecule has 0 saturated carbocycles. The predicted octanol–water partition coefficient (Wildman–Crippen LogP) is 3.89. The first kappa shape index (κ1) is 12.5. The van der Waals surface area contributed by atoms with E-state index in [9.17, 15) is 0 Å². The lowest BCUT2D eigenvalue weighted by Gasteiger charge is -2.23. The van der Waals surface area contributed by atoms with Crippen molar-refractivity contribution in [2.24, 2.45) is 5.41 Å². The molecule has 0 spiro atoms. The Kier molecular flexibility index (Phi) is 6.72. The van der Waals surface area contributed by atoms with Gasteiger partial charge in [-0.05, 0) is 32.1 Å². The van der Waals surface area contributed by atoms with Crippen LogP contribution < -0.4 is 0 Å². The van der Waals surface area contributed by atoms with Gasteiger partial charge in [-0.3, -0.25) is 0 Å². The monoisotopic (exact) mass is 199 g/mol. The van der Waals surface area contributed by atoms with E-state index in [1.54, 1.807) is 0 Å². The smallest absolute Gasteiger partial charge is 0.0690 e. The molecule has 0 aromatic carbocycles. The Balaban J connectivity index is 4.06. The van der Waals surface area contributed by atoms with Crippen molar-refractivity contribution >= 4 is 11.6 Å². The van der Waals surface area contributed by atoms with Crippen molar-refractivity contribution < 1.29 is 0 Å². The second-order valence-corrected chi connectivity index (χ2v) is 3.74. The van der Waals surface area contributed by atoms with Crippen LogP contribution in [-0.2, 0) is 0 Å². The number of hydrogen-bond donors (Lipinski definition) is 0. The average molecular weight is 200 g/mol. The summed E-state index contributed by atoms with van der Waals surface area (Å²) >= 11 is 5.68. The van der Waals surface area contributed by atoms with Crippen LogP contribution in [0.2, 0.25) is 0 Å².